The van der Waals surface area contributed by atoms with Crippen molar-refractivity contribution in [2.75, 3.05) is 39.8 Å². The molecule has 0 spiro atoms. The lowest BCUT2D eigenvalue weighted by molar-refractivity contribution is -0.132. The first-order chi connectivity index (χ1) is 10.1. The summed E-state index contributed by atoms with van der Waals surface area (Å²) in [5.41, 5.74) is 0.792. The number of hydrogen-bond acceptors (Lipinski definition) is 4. The van der Waals surface area contributed by atoms with Crippen LogP contribution in [0.2, 0.25) is 0 Å². The van der Waals surface area contributed by atoms with E-state index in [-0.39, 0.29) is 12.5 Å². The molecule has 5 nitrogen and oxygen atoms in total. The third-order valence-corrected chi connectivity index (χ3v) is 3.50. The van der Waals surface area contributed by atoms with Crippen LogP contribution in [0.4, 0.5) is 4.39 Å². The van der Waals surface area contributed by atoms with Crippen LogP contribution in [-0.2, 0) is 11.3 Å². The van der Waals surface area contributed by atoms with Gasteiger partial charge in [0.2, 0.25) is 5.91 Å². The van der Waals surface area contributed by atoms with E-state index in [1.807, 2.05) is 11.0 Å². The second-order valence-electron chi connectivity index (χ2n) is 5.22. The first kappa shape index (κ1) is 15.4. The maximum absolute atomic E-state index is 13.8. The Hall–Kier alpha value is -1.97. The molecule has 0 saturated carbocycles. The van der Waals surface area contributed by atoms with Gasteiger partial charge in [0.15, 0.2) is 0 Å². The van der Waals surface area contributed by atoms with Crippen LogP contribution in [0.5, 0.6) is 0 Å². The number of carbonyl (C=O) groups is 1. The lowest BCUT2D eigenvalue weighted by Gasteiger charge is -2.29. The molecule has 0 bridgehead atoms. The van der Waals surface area contributed by atoms with Gasteiger partial charge in [0.25, 0.3) is 0 Å². The van der Waals surface area contributed by atoms with Gasteiger partial charge in [-0.05, 0) is 19.2 Å². The molecule has 0 unspecified atom stereocenters. The number of rotatable bonds is 4. The Bertz CT molecular complexity index is 549. The molecule has 6 heteroatoms. The van der Waals surface area contributed by atoms with Gasteiger partial charge in [0.05, 0.1) is 18.2 Å². The van der Waals surface area contributed by atoms with Gasteiger partial charge in [-0.3, -0.25) is 9.69 Å². The Morgan fingerprint density at radius 2 is 2.19 bits per heavy atom. The van der Waals surface area contributed by atoms with E-state index in [9.17, 15) is 9.18 Å². The molecular weight excluding hydrogens is 271 g/mol. The zero-order chi connectivity index (χ0) is 15.2. The minimum absolute atomic E-state index is 0.0630. The minimum atomic E-state index is -0.407. The molecule has 2 rings (SSSR count). The number of nitrogens with zero attached hydrogens (tertiary/aromatic N) is 3. The zero-order valence-electron chi connectivity index (χ0n) is 12.1. The second-order valence-corrected chi connectivity index (χ2v) is 5.22. The van der Waals surface area contributed by atoms with Crippen molar-refractivity contribution in [2.45, 2.75) is 6.54 Å². The van der Waals surface area contributed by atoms with Crippen LogP contribution in [0.25, 0.3) is 0 Å². The number of hydrogen-bond donors (Lipinski definition) is 1. The van der Waals surface area contributed by atoms with E-state index in [1.54, 1.807) is 24.1 Å². The van der Waals surface area contributed by atoms with E-state index in [0.29, 0.717) is 17.7 Å². The number of halogens is 1. The first-order valence-electron chi connectivity index (χ1n) is 6.95. The molecule has 0 radical (unpaired) electrons. The van der Waals surface area contributed by atoms with Crippen molar-refractivity contribution in [1.82, 2.24) is 15.1 Å². The van der Waals surface area contributed by atoms with Crippen LogP contribution in [-0.4, -0.2) is 55.5 Å². The molecule has 1 aromatic rings. The topological polar surface area (TPSA) is 59.4 Å². The van der Waals surface area contributed by atoms with Crippen LogP contribution in [0.1, 0.15) is 11.1 Å². The Labute approximate surface area is 123 Å². The van der Waals surface area contributed by atoms with E-state index < -0.39 is 5.82 Å². The summed E-state index contributed by atoms with van der Waals surface area (Å²) in [5.74, 6) is -0.344. The monoisotopic (exact) mass is 290 g/mol. The summed E-state index contributed by atoms with van der Waals surface area (Å²) >= 11 is 0. The van der Waals surface area contributed by atoms with Crippen molar-refractivity contribution in [3.8, 4) is 6.07 Å². The summed E-state index contributed by atoms with van der Waals surface area (Å²) in [6.45, 7) is 3.68. The summed E-state index contributed by atoms with van der Waals surface area (Å²) in [6.07, 6.45) is 0. The number of likely N-dealkylation sites (N-methyl/N-ethyl adjacent to an activating group) is 1. The van der Waals surface area contributed by atoms with Crippen molar-refractivity contribution in [1.29, 1.82) is 5.26 Å². The molecule has 1 aromatic carbocycles. The molecule has 1 aliphatic heterocycles. The van der Waals surface area contributed by atoms with Crippen molar-refractivity contribution in [2.24, 2.45) is 0 Å². The summed E-state index contributed by atoms with van der Waals surface area (Å²) < 4.78 is 13.8. The van der Waals surface area contributed by atoms with Crippen molar-refractivity contribution >= 4 is 5.91 Å². The molecule has 112 valence electrons. The van der Waals surface area contributed by atoms with E-state index in [1.165, 1.54) is 6.07 Å². The molecule has 1 aliphatic rings. The third-order valence-electron chi connectivity index (χ3n) is 3.50. The molecule has 1 heterocycles. The molecule has 21 heavy (non-hydrogen) atoms. The summed E-state index contributed by atoms with van der Waals surface area (Å²) in [6, 6.07) is 6.31. The number of nitriles is 1. The highest BCUT2D eigenvalue weighted by atomic mass is 19.1. The van der Waals surface area contributed by atoms with Gasteiger partial charge in [-0.2, -0.15) is 5.26 Å². The lowest BCUT2D eigenvalue weighted by Crippen LogP contribution is -2.49. The molecule has 1 N–H and O–H groups in total. The number of carbonyl (C=O) groups excluding carboxylic acids is 1. The molecule has 1 amide bonds. The number of benzene rings is 1. The van der Waals surface area contributed by atoms with Crippen LogP contribution in [0.3, 0.4) is 0 Å². The summed E-state index contributed by atoms with van der Waals surface area (Å²) in [7, 11) is 1.79. The van der Waals surface area contributed by atoms with E-state index in [0.717, 1.165) is 26.2 Å². The molecule has 0 aromatic heterocycles. The third kappa shape index (κ3) is 4.25. The Morgan fingerprint density at radius 1 is 1.48 bits per heavy atom. The van der Waals surface area contributed by atoms with Gasteiger partial charge in [-0.15, -0.1) is 0 Å². The van der Waals surface area contributed by atoms with Gasteiger partial charge >= 0.3 is 0 Å². The fraction of sp³-hybridized carbons (Fsp3) is 0.467. The van der Waals surface area contributed by atoms with E-state index >= 15 is 0 Å². The average Bonchev–Trinajstić information content (AvgIpc) is 2.50. The minimum Gasteiger partial charge on any atom is -0.339 e. The van der Waals surface area contributed by atoms with Gasteiger partial charge in [-0.25, -0.2) is 4.39 Å². The number of amides is 1. The molecule has 0 aliphatic carbocycles. The first-order valence-corrected chi connectivity index (χ1v) is 6.95. The molecule has 1 fully saturated rings. The number of piperazine rings is 1. The zero-order valence-corrected chi connectivity index (χ0v) is 12.1. The van der Waals surface area contributed by atoms with Gasteiger partial charge < -0.3 is 10.2 Å². The van der Waals surface area contributed by atoms with Gasteiger partial charge in [0.1, 0.15) is 5.82 Å². The van der Waals surface area contributed by atoms with Crippen LogP contribution >= 0.6 is 0 Å². The highest BCUT2D eigenvalue weighted by molar-refractivity contribution is 5.78. The molecule has 1 saturated heterocycles. The quantitative estimate of drug-likeness (QED) is 0.880. The van der Waals surface area contributed by atoms with Crippen molar-refractivity contribution in [3.63, 3.8) is 0 Å². The fourth-order valence-corrected chi connectivity index (χ4v) is 2.34. The number of nitrogens with one attached hydrogen (secondary N) is 1. The summed E-state index contributed by atoms with van der Waals surface area (Å²) in [4.78, 5) is 15.7. The van der Waals surface area contributed by atoms with Gasteiger partial charge in [0, 0.05) is 38.3 Å². The van der Waals surface area contributed by atoms with E-state index in [4.69, 9.17) is 5.26 Å². The second kappa shape index (κ2) is 7.16. The highest BCUT2D eigenvalue weighted by Crippen LogP contribution is 2.12. The Balaban J connectivity index is 1.90. The lowest BCUT2D eigenvalue weighted by atomic mass is 10.1. The van der Waals surface area contributed by atoms with Crippen molar-refractivity contribution in [3.05, 3.63) is 35.1 Å². The predicted octanol–water partition coefficient (Wildman–Crippen LogP) is 0.561. The van der Waals surface area contributed by atoms with Crippen molar-refractivity contribution < 1.29 is 9.18 Å². The molecule has 0 atom stereocenters. The van der Waals surface area contributed by atoms with Crippen LogP contribution in [0.15, 0.2) is 18.2 Å². The van der Waals surface area contributed by atoms with Crippen LogP contribution in [0, 0.1) is 17.1 Å². The smallest absolute Gasteiger partial charge is 0.236 e. The maximum Gasteiger partial charge on any atom is 0.236 e. The maximum atomic E-state index is 13.8. The Kier molecular flexibility index (Phi) is 5.26. The Morgan fingerprint density at radius 3 is 2.81 bits per heavy atom. The standard InChI is InChI=1S/C15H19FN4O/c1-19(11-15(21)20-6-4-18-5-7-20)10-13-3-2-12(9-17)8-14(13)16/h2-3,8,18H,4-7,10-11H2,1H3. The highest BCUT2D eigenvalue weighted by Gasteiger charge is 2.18. The normalized spacial score (nSPS) is 15.0. The summed E-state index contributed by atoms with van der Waals surface area (Å²) in [5, 5.41) is 11.9. The van der Waals surface area contributed by atoms with Gasteiger partial charge in [-0.1, -0.05) is 6.07 Å². The SMILES string of the molecule is CN(CC(=O)N1CCNCC1)Cc1ccc(C#N)cc1F. The fourth-order valence-electron chi connectivity index (χ4n) is 2.34. The molecular formula is C15H19FN4O. The van der Waals surface area contributed by atoms with Crippen LogP contribution < -0.4 is 5.32 Å². The largest absolute Gasteiger partial charge is 0.339 e. The van der Waals surface area contributed by atoms with E-state index in [2.05, 4.69) is 5.32 Å². The average molecular weight is 290 g/mol. The predicted molar refractivity (Wildman–Crippen MR) is 76.9 cm³/mol.